The molecule has 0 aliphatic rings. The number of rotatable bonds is 9. The molecule has 0 fully saturated rings. The Bertz CT molecular complexity index is 1080. The van der Waals surface area contributed by atoms with Crippen LogP contribution in [0.2, 0.25) is 0 Å². The Morgan fingerprint density at radius 2 is 2.18 bits per heavy atom. The molecule has 0 aliphatic carbocycles. The van der Waals surface area contributed by atoms with Crippen LogP contribution in [0.25, 0.3) is 16.7 Å². The molecule has 146 valence electrons. The predicted octanol–water partition coefficient (Wildman–Crippen LogP) is 1.20. The van der Waals surface area contributed by atoms with E-state index in [-0.39, 0.29) is 23.8 Å². The fourth-order valence-electron chi connectivity index (χ4n) is 2.82. The number of fused-ring (bicyclic) bond motifs is 3. The zero-order valence-electron chi connectivity index (χ0n) is 15.4. The van der Waals surface area contributed by atoms with Crippen LogP contribution in [0.5, 0.6) is 0 Å². The van der Waals surface area contributed by atoms with Crippen LogP contribution in [-0.4, -0.2) is 50.6 Å². The Morgan fingerprint density at radius 1 is 1.36 bits per heavy atom. The lowest BCUT2D eigenvalue weighted by Gasteiger charge is -2.11. The standard InChI is InChI=1S/C18H20N6O3S/c1-2-27-11-5-10-23-16(26)13-6-3-4-7-14(13)24-17(23)21-22-18(24)28-12-15(25)20-9-8-19/h3-4,6-7H,2,5,9-12H2,1H3,(H,20,25). The van der Waals surface area contributed by atoms with E-state index in [2.05, 4.69) is 15.5 Å². The molecule has 1 aromatic carbocycles. The third-order valence-electron chi connectivity index (χ3n) is 4.05. The van der Waals surface area contributed by atoms with Crippen molar-refractivity contribution < 1.29 is 9.53 Å². The van der Waals surface area contributed by atoms with Crippen molar-refractivity contribution in [2.75, 3.05) is 25.5 Å². The van der Waals surface area contributed by atoms with E-state index in [1.165, 1.54) is 11.8 Å². The van der Waals surface area contributed by atoms with Gasteiger partial charge in [-0.05, 0) is 25.5 Å². The number of benzene rings is 1. The predicted molar refractivity (Wildman–Crippen MR) is 105 cm³/mol. The summed E-state index contributed by atoms with van der Waals surface area (Å²) in [6.07, 6.45) is 0.674. The summed E-state index contributed by atoms with van der Waals surface area (Å²) in [6.45, 7) is 3.52. The fraction of sp³-hybridized carbons (Fsp3) is 0.389. The Morgan fingerprint density at radius 3 is 2.96 bits per heavy atom. The number of aromatic nitrogens is 4. The summed E-state index contributed by atoms with van der Waals surface area (Å²) in [7, 11) is 0. The van der Waals surface area contributed by atoms with Crippen LogP contribution in [0, 0.1) is 11.3 Å². The lowest BCUT2D eigenvalue weighted by Crippen LogP contribution is -2.25. The van der Waals surface area contributed by atoms with Crippen LogP contribution in [0.15, 0.2) is 34.2 Å². The van der Waals surface area contributed by atoms with Gasteiger partial charge < -0.3 is 10.1 Å². The van der Waals surface area contributed by atoms with E-state index in [0.29, 0.717) is 48.0 Å². The van der Waals surface area contributed by atoms with Gasteiger partial charge in [0.1, 0.15) is 6.54 Å². The number of nitrogens with zero attached hydrogens (tertiary/aromatic N) is 5. The Labute approximate surface area is 165 Å². The topological polar surface area (TPSA) is 114 Å². The summed E-state index contributed by atoms with van der Waals surface area (Å²) in [6, 6.07) is 9.12. The lowest BCUT2D eigenvalue weighted by atomic mass is 10.2. The molecule has 1 N–H and O–H groups in total. The van der Waals surface area contributed by atoms with Gasteiger partial charge in [0.15, 0.2) is 5.16 Å². The van der Waals surface area contributed by atoms with Crippen molar-refractivity contribution >= 4 is 34.3 Å². The third kappa shape index (κ3) is 4.16. The molecule has 3 rings (SSSR count). The average molecular weight is 400 g/mol. The van der Waals surface area contributed by atoms with Crippen LogP contribution in [0.3, 0.4) is 0 Å². The minimum Gasteiger partial charge on any atom is -0.382 e. The molecule has 0 saturated heterocycles. The molecule has 0 radical (unpaired) electrons. The summed E-state index contributed by atoms with van der Waals surface area (Å²) in [5.74, 6) is 0.262. The number of carbonyl (C=O) groups is 1. The van der Waals surface area contributed by atoms with Gasteiger partial charge in [-0.15, -0.1) is 10.2 Å². The monoisotopic (exact) mass is 400 g/mol. The molecular weight excluding hydrogens is 380 g/mol. The highest BCUT2D eigenvalue weighted by Gasteiger charge is 2.17. The zero-order valence-corrected chi connectivity index (χ0v) is 16.2. The van der Waals surface area contributed by atoms with Crippen molar-refractivity contribution in [3.63, 3.8) is 0 Å². The largest absolute Gasteiger partial charge is 0.382 e. The summed E-state index contributed by atoms with van der Waals surface area (Å²) >= 11 is 1.20. The average Bonchev–Trinajstić information content (AvgIpc) is 3.14. The SMILES string of the molecule is CCOCCCn1c(=O)c2ccccc2n2c(SCC(=O)NCC#N)nnc12. The highest BCUT2D eigenvalue weighted by Crippen LogP contribution is 2.21. The minimum absolute atomic E-state index is 0.0394. The van der Waals surface area contributed by atoms with E-state index in [4.69, 9.17) is 10.00 Å². The highest BCUT2D eigenvalue weighted by molar-refractivity contribution is 7.99. The van der Waals surface area contributed by atoms with Crippen LogP contribution < -0.4 is 10.9 Å². The van der Waals surface area contributed by atoms with Crippen molar-refractivity contribution in [3.8, 4) is 6.07 Å². The number of amides is 1. The van der Waals surface area contributed by atoms with E-state index in [0.717, 1.165) is 0 Å². The first kappa shape index (κ1) is 19.9. The number of thioether (sulfide) groups is 1. The van der Waals surface area contributed by atoms with Crippen LogP contribution in [-0.2, 0) is 16.1 Å². The summed E-state index contributed by atoms with van der Waals surface area (Å²) in [5, 5.41) is 20.5. The van der Waals surface area contributed by atoms with Crippen LogP contribution in [0.1, 0.15) is 13.3 Å². The molecule has 0 unspecified atom stereocenters. The normalized spacial score (nSPS) is 11.0. The van der Waals surface area contributed by atoms with Crippen molar-refractivity contribution in [1.82, 2.24) is 24.5 Å². The zero-order chi connectivity index (χ0) is 19.9. The fourth-order valence-corrected chi connectivity index (χ4v) is 3.59. The van der Waals surface area contributed by atoms with Crippen molar-refractivity contribution in [2.45, 2.75) is 25.0 Å². The third-order valence-corrected chi connectivity index (χ3v) is 4.98. The number of aryl methyl sites for hydroxylation is 1. The molecule has 9 nitrogen and oxygen atoms in total. The summed E-state index contributed by atoms with van der Waals surface area (Å²) in [4.78, 5) is 24.8. The minimum atomic E-state index is -0.266. The molecule has 0 spiro atoms. The number of ether oxygens (including phenoxy) is 1. The van der Waals surface area contributed by atoms with Crippen molar-refractivity contribution in [3.05, 3.63) is 34.6 Å². The van der Waals surface area contributed by atoms with Crippen molar-refractivity contribution in [1.29, 1.82) is 5.26 Å². The second-order valence-electron chi connectivity index (χ2n) is 5.87. The molecule has 0 bridgehead atoms. The maximum Gasteiger partial charge on any atom is 0.262 e. The van der Waals surface area contributed by atoms with E-state index < -0.39 is 0 Å². The Balaban J connectivity index is 1.98. The van der Waals surface area contributed by atoms with Gasteiger partial charge in [-0.3, -0.25) is 18.6 Å². The highest BCUT2D eigenvalue weighted by atomic mass is 32.2. The molecular formula is C18H20N6O3S. The number of nitrogens with one attached hydrogen (secondary N) is 1. The first-order chi connectivity index (χ1) is 13.7. The summed E-state index contributed by atoms with van der Waals surface area (Å²) < 4.78 is 8.75. The van der Waals surface area contributed by atoms with Gasteiger partial charge in [0, 0.05) is 19.8 Å². The maximum absolute atomic E-state index is 12.9. The van der Waals surface area contributed by atoms with E-state index in [9.17, 15) is 9.59 Å². The molecule has 10 heteroatoms. The molecule has 1 amide bonds. The first-order valence-corrected chi connectivity index (χ1v) is 9.86. The van der Waals surface area contributed by atoms with Gasteiger partial charge in [-0.2, -0.15) is 5.26 Å². The molecule has 28 heavy (non-hydrogen) atoms. The van der Waals surface area contributed by atoms with Gasteiger partial charge in [0.25, 0.3) is 5.56 Å². The number of hydrogen-bond acceptors (Lipinski definition) is 7. The molecule has 2 aromatic heterocycles. The first-order valence-electron chi connectivity index (χ1n) is 8.88. The number of carbonyl (C=O) groups excluding carboxylic acids is 1. The van der Waals surface area contributed by atoms with Gasteiger partial charge in [-0.25, -0.2) is 0 Å². The van der Waals surface area contributed by atoms with Gasteiger partial charge in [-0.1, -0.05) is 23.9 Å². The molecule has 0 atom stereocenters. The quantitative estimate of drug-likeness (QED) is 0.326. The van der Waals surface area contributed by atoms with Crippen LogP contribution >= 0.6 is 11.8 Å². The smallest absolute Gasteiger partial charge is 0.262 e. The maximum atomic E-state index is 12.9. The van der Waals surface area contributed by atoms with Crippen molar-refractivity contribution in [2.24, 2.45) is 0 Å². The van der Waals surface area contributed by atoms with Crippen LogP contribution in [0.4, 0.5) is 0 Å². The van der Waals surface area contributed by atoms with E-state index in [1.807, 2.05) is 31.2 Å². The molecule has 0 aliphatic heterocycles. The second kappa shape index (κ2) is 9.34. The molecule has 2 heterocycles. The van der Waals surface area contributed by atoms with Gasteiger partial charge in [0.2, 0.25) is 11.7 Å². The van der Waals surface area contributed by atoms with E-state index >= 15 is 0 Å². The second-order valence-corrected chi connectivity index (χ2v) is 6.81. The number of nitriles is 1. The lowest BCUT2D eigenvalue weighted by molar-refractivity contribution is -0.118. The van der Waals surface area contributed by atoms with E-state index in [1.54, 1.807) is 15.0 Å². The summed E-state index contributed by atoms with van der Waals surface area (Å²) in [5.41, 5.74) is 0.559. The molecule has 0 saturated carbocycles. The number of hydrogen-bond donors (Lipinski definition) is 1. The Hall–Kier alpha value is -2.90. The van der Waals surface area contributed by atoms with Gasteiger partial charge >= 0.3 is 0 Å². The van der Waals surface area contributed by atoms with Gasteiger partial charge in [0.05, 0.1) is 22.7 Å². The number of para-hydroxylation sites is 1. The molecule has 3 aromatic rings. The Kier molecular flexibility index (Phi) is 6.62.